The maximum absolute atomic E-state index is 12.4. The number of amides is 1. The number of carbonyl (C=O) groups is 1. The van der Waals surface area contributed by atoms with Gasteiger partial charge in [-0.15, -0.1) is 11.8 Å². The first-order chi connectivity index (χ1) is 12.8. The van der Waals surface area contributed by atoms with Crippen molar-refractivity contribution in [2.45, 2.75) is 30.6 Å². The van der Waals surface area contributed by atoms with Crippen molar-refractivity contribution in [2.75, 3.05) is 36.2 Å². The molecule has 1 fully saturated rings. The molecular formula is C21H26N2O2S. The monoisotopic (exact) mass is 370 g/mol. The summed E-state index contributed by atoms with van der Waals surface area (Å²) in [7, 11) is 1.65. The Bertz CT molecular complexity index is 710. The molecule has 4 nitrogen and oxygen atoms in total. The highest BCUT2D eigenvalue weighted by atomic mass is 32.2. The third-order valence-corrected chi connectivity index (χ3v) is 5.57. The van der Waals surface area contributed by atoms with Gasteiger partial charge >= 0.3 is 0 Å². The van der Waals surface area contributed by atoms with E-state index in [1.54, 1.807) is 7.11 Å². The number of nitrogens with one attached hydrogen (secondary N) is 1. The van der Waals surface area contributed by atoms with Crippen molar-refractivity contribution in [2.24, 2.45) is 0 Å². The Labute approximate surface area is 159 Å². The zero-order chi connectivity index (χ0) is 18.2. The van der Waals surface area contributed by atoms with Crippen LogP contribution in [0, 0.1) is 0 Å². The average Bonchev–Trinajstić information content (AvgIpc) is 2.96. The maximum atomic E-state index is 12.4. The van der Waals surface area contributed by atoms with E-state index in [1.165, 1.54) is 37.4 Å². The van der Waals surface area contributed by atoms with Crippen molar-refractivity contribution in [3.8, 4) is 5.75 Å². The highest BCUT2D eigenvalue weighted by Gasteiger charge is 2.14. The standard InChI is InChI=1S/C21H26N2O2S/c1-25-17-10-12-18(13-11-17)26-16-21(24)22-19-8-4-5-9-20(19)23-14-6-2-3-7-15-23/h4-5,8-13H,2-3,6-7,14-16H2,1H3,(H,22,24). The summed E-state index contributed by atoms with van der Waals surface area (Å²) in [5.74, 6) is 1.24. The van der Waals surface area contributed by atoms with Crippen LogP contribution in [0.1, 0.15) is 25.7 Å². The SMILES string of the molecule is COc1ccc(SCC(=O)Nc2ccccc2N2CCCCCC2)cc1. The number of ether oxygens (including phenoxy) is 1. The first-order valence-corrected chi connectivity index (χ1v) is 10.2. The third kappa shape index (κ3) is 5.18. The van der Waals surface area contributed by atoms with Crippen LogP contribution in [-0.2, 0) is 4.79 Å². The number of benzene rings is 2. The molecule has 1 aliphatic heterocycles. The van der Waals surface area contributed by atoms with Gasteiger partial charge in [0.1, 0.15) is 5.75 Å². The predicted octanol–water partition coefficient (Wildman–Crippen LogP) is 4.81. The number of carbonyl (C=O) groups excluding carboxylic acids is 1. The van der Waals surface area contributed by atoms with Crippen LogP contribution in [-0.4, -0.2) is 31.9 Å². The van der Waals surface area contributed by atoms with Crippen molar-refractivity contribution in [3.05, 3.63) is 48.5 Å². The Morgan fingerprint density at radius 3 is 2.42 bits per heavy atom. The van der Waals surface area contributed by atoms with E-state index < -0.39 is 0 Å². The molecule has 1 heterocycles. The van der Waals surface area contributed by atoms with Crippen LogP contribution in [0.5, 0.6) is 5.75 Å². The lowest BCUT2D eigenvalue weighted by molar-refractivity contribution is -0.113. The van der Waals surface area contributed by atoms with Gasteiger partial charge in [0.2, 0.25) is 5.91 Å². The summed E-state index contributed by atoms with van der Waals surface area (Å²) in [4.78, 5) is 15.9. The molecule has 1 N–H and O–H groups in total. The number of methoxy groups -OCH3 is 1. The molecule has 1 aliphatic rings. The fourth-order valence-electron chi connectivity index (χ4n) is 3.17. The lowest BCUT2D eigenvalue weighted by atomic mass is 10.2. The minimum absolute atomic E-state index is 0.0214. The van der Waals surface area contributed by atoms with Gasteiger partial charge in [-0.05, 0) is 49.2 Å². The Kier molecular flexibility index (Phi) is 6.83. The Balaban J connectivity index is 1.59. The van der Waals surface area contributed by atoms with E-state index in [-0.39, 0.29) is 5.91 Å². The number of hydrogen-bond donors (Lipinski definition) is 1. The van der Waals surface area contributed by atoms with Gasteiger partial charge in [0.15, 0.2) is 0 Å². The molecule has 26 heavy (non-hydrogen) atoms. The summed E-state index contributed by atoms with van der Waals surface area (Å²) < 4.78 is 5.16. The molecule has 0 aliphatic carbocycles. The molecule has 0 radical (unpaired) electrons. The second kappa shape index (κ2) is 9.53. The minimum Gasteiger partial charge on any atom is -0.497 e. The minimum atomic E-state index is 0.0214. The van der Waals surface area contributed by atoms with E-state index >= 15 is 0 Å². The molecule has 0 saturated carbocycles. The molecule has 2 aromatic rings. The largest absolute Gasteiger partial charge is 0.497 e. The summed E-state index contributed by atoms with van der Waals surface area (Å²) in [6.07, 6.45) is 5.03. The van der Waals surface area contributed by atoms with E-state index in [2.05, 4.69) is 16.3 Å². The second-order valence-electron chi connectivity index (χ2n) is 6.43. The zero-order valence-corrected chi connectivity index (χ0v) is 16.1. The summed E-state index contributed by atoms with van der Waals surface area (Å²) in [5, 5.41) is 3.09. The van der Waals surface area contributed by atoms with E-state index in [9.17, 15) is 4.79 Å². The number of anilines is 2. The van der Waals surface area contributed by atoms with Crippen LogP contribution in [0.25, 0.3) is 0 Å². The maximum Gasteiger partial charge on any atom is 0.234 e. The van der Waals surface area contributed by atoms with Crippen molar-refractivity contribution < 1.29 is 9.53 Å². The third-order valence-electron chi connectivity index (χ3n) is 4.55. The zero-order valence-electron chi connectivity index (χ0n) is 15.2. The Morgan fingerprint density at radius 1 is 1.04 bits per heavy atom. The number of hydrogen-bond acceptors (Lipinski definition) is 4. The summed E-state index contributed by atoms with van der Waals surface area (Å²) in [6.45, 7) is 2.13. The van der Waals surface area contributed by atoms with Gasteiger partial charge in [0, 0.05) is 18.0 Å². The lowest BCUT2D eigenvalue weighted by Crippen LogP contribution is -2.26. The molecule has 3 rings (SSSR count). The Morgan fingerprint density at radius 2 is 1.73 bits per heavy atom. The number of para-hydroxylation sites is 2. The predicted molar refractivity (Wildman–Crippen MR) is 109 cm³/mol. The van der Waals surface area contributed by atoms with Crippen LogP contribution < -0.4 is 15.0 Å². The van der Waals surface area contributed by atoms with E-state index in [0.717, 1.165) is 35.1 Å². The Hall–Kier alpha value is -2.14. The van der Waals surface area contributed by atoms with Crippen molar-refractivity contribution in [3.63, 3.8) is 0 Å². The summed E-state index contributed by atoms with van der Waals surface area (Å²) in [5.41, 5.74) is 2.05. The lowest BCUT2D eigenvalue weighted by Gasteiger charge is -2.25. The van der Waals surface area contributed by atoms with Crippen LogP contribution in [0.15, 0.2) is 53.4 Å². The first kappa shape index (κ1) is 18.6. The molecule has 0 atom stereocenters. The normalized spacial score (nSPS) is 14.6. The van der Waals surface area contributed by atoms with Gasteiger partial charge in [0.25, 0.3) is 0 Å². The number of rotatable bonds is 6. The number of thioether (sulfide) groups is 1. The van der Waals surface area contributed by atoms with Crippen molar-refractivity contribution in [1.29, 1.82) is 0 Å². The molecular weight excluding hydrogens is 344 g/mol. The highest BCUT2D eigenvalue weighted by molar-refractivity contribution is 8.00. The fourth-order valence-corrected chi connectivity index (χ4v) is 3.87. The topological polar surface area (TPSA) is 41.6 Å². The molecule has 0 spiro atoms. The van der Waals surface area contributed by atoms with Crippen LogP contribution in [0.3, 0.4) is 0 Å². The van der Waals surface area contributed by atoms with Gasteiger partial charge in [0.05, 0.1) is 24.2 Å². The van der Waals surface area contributed by atoms with Gasteiger partial charge in [-0.2, -0.15) is 0 Å². The van der Waals surface area contributed by atoms with Crippen LogP contribution in [0.4, 0.5) is 11.4 Å². The molecule has 0 bridgehead atoms. The van der Waals surface area contributed by atoms with E-state index in [1.807, 2.05) is 42.5 Å². The smallest absolute Gasteiger partial charge is 0.234 e. The second-order valence-corrected chi connectivity index (χ2v) is 7.48. The van der Waals surface area contributed by atoms with Gasteiger partial charge in [-0.3, -0.25) is 4.79 Å². The summed E-state index contributed by atoms with van der Waals surface area (Å²) in [6, 6.07) is 15.9. The molecule has 2 aromatic carbocycles. The molecule has 1 saturated heterocycles. The molecule has 138 valence electrons. The molecule has 1 amide bonds. The van der Waals surface area contributed by atoms with Gasteiger partial charge in [-0.1, -0.05) is 25.0 Å². The van der Waals surface area contributed by atoms with Crippen molar-refractivity contribution in [1.82, 2.24) is 0 Å². The van der Waals surface area contributed by atoms with Crippen LogP contribution in [0.2, 0.25) is 0 Å². The molecule has 0 aromatic heterocycles. The van der Waals surface area contributed by atoms with E-state index in [0.29, 0.717) is 5.75 Å². The van der Waals surface area contributed by atoms with Gasteiger partial charge in [-0.25, -0.2) is 0 Å². The molecule has 5 heteroatoms. The van der Waals surface area contributed by atoms with E-state index in [4.69, 9.17) is 4.74 Å². The van der Waals surface area contributed by atoms with Crippen LogP contribution >= 0.6 is 11.8 Å². The molecule has 0 unspecified atom stereocenters. The summed E-state index contributed by atoms with van der Waals surface area (Å²) >= 11 is 1.53. The number of nitrogens with zero attached hydrogens (tertiary/aromatic N) is 1. The first-order valence-electron chi connectivity index (χ1n) is 9.17. The quantitative estimate of drug-likeness (QED) is 0.741. The average molecular weight is 371 g/mol. The van der Waals surface area contributed by atoms with Crippen molar-refractivity contribution >= 4 is 29.0 Å². The van der Waals surface area contributed by atoms with Gasteiger partial charge < -0.3 is 15.0 Å². The fraction of sp³-hybridized carbons (Fsp3) is 0.381. The highest BCUT2D eigenvalue weighted by Crippen LogP contribution is 2.28.